The molecule has 0 aliphatic rings. The number of hydrogen-bond acceptors (Lipinski definition) is 3. The van der Waals surface area contributed by atoms with Gasteiger partial charge in [-0.3, -0.25) is 0 Å². The third kappa shape index (κ3) is 2.40. The molecule has 0 radical (unpaired) electrons. The largest absolute Gasteiger partial charge is 0.348 e. The molecule has 0 saturated carbocycles. The van der Waals surface area contributed by atoms with Crippen LogP contribution < -0.4 is 5.32 Å². The normalized spacial score (nSPS) is 12.3. The molecule has 0 fully saturated rings. The number of rotatable bonds is 3. The Bertz CT molecular complexity index is 674. The summed E-state index contributed by atoms with van der Waals surface area (Å²) < 4.78 is 0. The Kier molecular flexibility index (Phi) is 3.11. The van der Waals surface area contributed by atoms with E-state index in [1.54, 1.807) is 12.4 Å². The molecule has 0 saturated heterocycles. The Morgan fingerprint density at radius 3 is 2.47 bits per heavy atom. The summed E-state index contributed by atoms with van der Waals surface area (Å²) in [5.74, 6) is 0.655. The predicted molar refractivity (Wildman–Crippen MR) is 78.0 cm³/mol. The molecular weight excluding hydrogens is 234 g/mol. The van der Waals surface area contributed by atoms with Crippen LogP contribution in [0.3, 0.4) is 0 Å². The van der Waals surface area contributed by atoms with Crippen LogP contribution in [0.15, 0.2) is 60.9 Å². The lowest BCUT2D eigenvalue weighted by Crippen LogP contribution is -2.09. The van der Waals surface area contributed by atoms with Crippen molar-refractivity contribution in [3.63, 3.8) is 0 Å². The van der Waals surface area contributed by atoms with E-state index in [-0.39, 0.29) is 6.04 Å². The molecule has 0 spiro atoms. The second-order valence-corrected chi connectivity index (χ2v) is 4.51. The first-order valence-electron chi connectivity index (χ1n) is 6.36. The molecule has 2 aromatic carbocycles. The average molecular weight is 249 g/mol. The summed E-state index contributed by atoms with van der Waals surface area (Å²) >= 11 is 0. The highest BCUT2D eigenvalue weighted by Crippen LogP contribution is 2.25. The quantitative estimate of drug-likeness (QED) is 0.767. The first-order valence-corrected chi connectivity index (χ1v) is 6.36. The van der Waals surface area contributed by atoms with E-state index in [2.05, 4.69) is 64.7 Å². The average Bonchev–Trinajstić information content (AvgIpc) is 2.47. The maximum Gasteiger partial charge on any atom is 0.223 e. The van der Waals surface area contributed by atoms with E-state index in [4.69, 9.17) is 0 Å². The van der Waals surface area contributed by atoms with Crippen LogP contribution in [0, 0.1) is 0 Å². The van der Waals surface area contributed by atoms with Crippen LogP contribution in [0.4, 0.5) is 5.95 Å². The van der Waals surface area contributed by atoms with Crippen molar-refractivity contribution in [2.75, 3.05) is 5.32 Å². The lowest BCUT2D eigenvalue weighted by molar-refractivity contribution is 0.869. The molecule has 1 N–H and O–H groups in total. The summed E-state index contributed by atoms with van der Waals surface area (Å²) in [5.41, 5.74) is 1.26. The fourth-order valence-electron chi connectivity index (χ4n) is 2.27. The van der Waals surface area contributed by atoms with Crippen LogP contribution in [0.2, 0.25) is 0 Å². The Morgan fingerprint density at radius 2 is 1.63 bits per heavy atom. The molecule has 3 aromatic rings. The van der Waals surface area contributed by atoms with Gasteiger partial charge in [0.15, 0.2) is 0 Å². The molecule has 3 heteroatoms. The number of aromatic nitrogens is 2. The number of fused-ring (bicyclic) bond motifs is 1. The van der Waals surface area contributed by atoms with Crippen LogP contribution in [0.5, 0.6) is 0 Å². The molecule has 1 atom stereocenters. The van der Waals surface area contributed by atoms with E-state index in [1.165, 1.54) is 16.3 Å². The summed E-state index contributed by atoms with van der Waals surface area (Å²) in [6, 6.07) is 16.7. The minimum atomic E-state index is 0.161. The van der Waals surface area contributed by atoms with Gasteiger partial charge in [-0.15, -0.1) is 0 Å². The van der Waals surface area contributed by atoms with Gasteiger partial charge in [0, 0.05) is 12.4 Å². The highest BCUT2D eigenvalue weighted by atomic mass is 15.1. The van der Waals surface area contributed by atoms with Gasteiger partial charge in [0.2, 0.25) is 5.95 Å². The number of anilines is 1. The van der Waals surface area contributed by atoms with Crippen molar-refractivity contribution in [1.29, 1.82) is 0 Å². The SMILES string of the molecule is C[C@@H](Nc1ncccn1)c1cccc2ccccc12. The van der Waals surface area contributed by atoms with Crippen molar-refractivity contribution >= 4 is 16.7 Å². The Morgan fingerprint density at radius 1 is 0.895 bits per heavy atom. The van der Waals surface area contributed by atoms with E-state index in [1.807, 2.05) is 6.07 Å². The topological polar surface area (TPSA) is 37.8 Å². The van der Waals surface area contributed by atoms with Gasteiger partial charge in [-0.1, -0.05) is 42.5 Å². The first kappa shape index (κ1) is 11.7. The van der Waals surface area contributed by atoms with Gasteiger partial charge in [-0.25, -0.2) is 9.97 Å². The zero-order valence-electron chi connectivity index (χ0n) is 10.7. The molecule has 19 heavy (non-hydrogen) atoms. The zero-order chi connectivity index (χ0) is 13.1. The van der Waals surface area contributed by atoms with Crippen molar-refractivity contribution in [2.45, 2.75) is 13.0 Å². The molecule has 3 rings (SSSR count). The summed E-state index contributed by atoms with van der Waals surface area (Å²) in [6.07, 6.45) is 3.48. The monoisotopic (exact) mass is 249 g/mol. The molecule has 1 heterocycles. The van der Waals surface area contributed by atoms with Crippen molar-refractivity contribution in [2.24, 2.45) is 0 Å². The minimum Gasteiger partial charge on any atom is -0.348 e. The second kappa shape index (κ2) is 5.06. The minimum absolute atomic E-state index is 0.161. The maximum absolute atomic E-state index is 4.20. The lowest BCUT2D eigenvalue weighted by atomic mass is 10.00. The third-order valence-corrected chi connectivity index (χ3v) is 3.20. The summed E-state index contributed by atoms with van der Waals surface area (Å²) in [4.78, 5) is 8.40. The van der Waals surface area contributed by atoms with E-state index in [9.17, 15) is 0 Å². The molecule has 0 unspecified atom stereocenters. The number of nitrogens with zero attached hydrogens (tertiary/aromatic N) is 2. The molecular formula is C16H15N3. The molecule has 3 nitrogen and oxygen atoms in total. The Labute approximate surface area is 112 Å². The fraction of sp³-hybridized carbons (Fsp3) is 0.125. The van der Waals surface area contributed by atoms with Gasteiger partial charge < -0.3 is 5.32 Å². The van der Waals surface area contributed by atoms with Crippen molar-refractivity contribution in [3.8, 4) is 0 Å². The second-order valence-electron chi connectivity index (χ2n) is 4.51. The van der Waals surface area contributed by atoms with Crippen LogP contribution in [0.1, 0.15) is 18.5 Å². The first-order chi connectivity index (χ1) is 9.34. The highest BCUT2D eigenvalue weighted by Gasteiger charge is 2.09. The van der Waals surface area contributed by atoms with Crippen LogP contribution in [-0.2, 0) is 0 Å². The molecule has 0 aliphatic carbocycles. The Hall–Kier alpha value is -2.42. The van der Waals surface area contributed by atoms with Gasteiger partial charge in [0.25, 0.3) is 0 Å². The predicted octanol–water partition coefficient (Wildman–Crippen LogP) is 3.80. The number of nitrogens with one attached hydrogen (secondary N) is 1. The fourth-order valence-corrected chi connectivity index (χ4v) is 2.27. The van der Waals surface area contributed by atoms with Crippen molar-refractivity contribution in [3.05, 3.63) is 66.5 Å². The summed E-state index contributed by atoms with van der Waals surface area (Å²) in [7, 11) is 0. The van der Waals surface area contributed by atoms with Crippen LogP contribution >= 0.6 is 0 Å². The number of benzene rings is 2. The van der Waals surface area contributed by atoms with E-state index in [0.29, 0.717) is 5.95 Å². The molecule has 94 valence electrons. The zero-order valence-corrected chi connectivity index (χ0v) is 10.7. The third-order valence-electron chi connectivity index (χ3n) is 3.20. The van der Waals surface area contributed by atoms with E-state index < -0.39 is 0 Å². The van der Waals surface area contributed by atoms with Gasteiger partial charge >= 0.3 is 0 Å². The standard InChI is InChI=1S/C16H15N3/c1-12(19-16-17-10-5-11-18-16)14-9-4-7-13-6-2-3-8-15(13)14/h2-12H,1H3,(H,17,18,19)/t12-/m1/s1. The van der Waals surface area contributed by atoms with Gasteiger partial charge in [0.05, 0.1) is 6.04 Å². The van der Waals surface area contributed by atoms with Crippen molar-refractivity contribution < 1.29 is 0 Å². The van der Waals surface area contributed by atoms with Gasteiger partial charge in [-0.2, -0.15) is 0 Å². The van der Waals surface area contributed by atoms with Gasteiger partial charge in [-0.05, 0) is 29.3 Å². The van der Waals surface area contributed by atoms with Gasteiger partial charge in [0.1, 0.15) is 0 Å². The molecule has 0 bridgehead atoms. The maximum atomic E-state index is 4.20. The van der Waals surface area contributed by atoms with Crippen molar-refractivity contribution in [1.82, 2.24) is 9.97 Å². The number of hydrogen-bond donors (Lipinski definition) is 1. The Balaban J connectivity index is 1.96. The molecule has 1 aromatic heterocycles. The van der Waals surface area contributed by atoms with Crippen LogP contribution in [-0.4, -0.2) is 9.97 Å². The van der Waals surface area contributed by atoms with E-state index in [0.717, 1.165) is 0 Å². The molecule has 0 amide bonds. The molecule has 0 aliphatic heterocycles. The summed E-state index contributed by atoms with van der Waals surface area (Å²) in [6.45, 7) is 2.12. The lowest BCUT2D eigenvalue weighted by Gasteiger charge is -2.16. The summed E-state index contributed by atoms with van der Waals surface area (Å²) in [5, 5.41) is 5.85. The highest BCUT2D eigenvalue weighted by molar-refractivity contribution is 5.86. The van der Waals surface area contributed by atoms with E-state index >= 15 is 0 Å². The smallest absolute Gasteiger partial charge is 0.223 e. The van der Waals surface area contributed by atoms with Crippen LogP contribution in [0.25, 0.3) is 10.8 Å².